The third kappa shape index (κ3) is 5.30. The van der Waals surface area contributed by atoms with Crippen LogP contribution in [0.1, 0.15) is 20.3 Å². The molecule has 0 aliphatic heterocycles. The van der Waals surface area contributed by atoms with E-state index in [1.165, 1.54) is 0 Å². The summed E-state index contributed by atoms with van der Waals surface area (Å²) in [5, 5.41) is 0. The lowest BCUT2D eigenvalue weighted by atomic mass is 10.2. The quantitative estimate of drug-likeness (QED) is 0.357. The average Bonchev–Trinajstić information content (AvgIpc) is 1.66. The number of hydrogen-bond donors (Lipinski definition) is 0. The molecule has 0 saturated carbocycles. The molecular weight excluding hydrogens is 96.1 g/mol. The van der Waals surface area contributed by atoms with Crippen LogP contribution in [-0.4, -0.2) is 0 Å². The third-order valence-corrected chi connectivity index (χ3v) is 0.637. The molecule has 0 amide bonds. The van der Waals surface area contributed by atoms with Gasteiger partial charge in [-0.15, -0.1) is 12.5 Å². The monoisotopic (exact) mass is 108 g/mol. The zero-order chi connectivity index (χ0) is 6.41. The summed E-state index contributed by atoms with van der Waals surface area (Å²) in [6.45, 7) is 7.71. The van der Waals surface area contributed by atoms with Gasteiger partial charge < -0.3 is 0 Å². The zero-order valence-corrected chi connectivity index (χ0v) is 5.57. The summed E-state index contributed by atoms with van der Waals surface area (Å²) < 4.78 is 0. The molecule has 0 N–H and O–H groups in total. The first-order valence-corrected chi connectivity index (χ1v) is 2.86. The minimum atomic E-state index is 0.495. The van der Waals surface area contributed by atoms with Crippen LogP contribution < -0.4 is 0 Å². The molecule has 0 rings (SSSR count). The number of allylic oxidation sites excluding steroid dienone is 1. The highest BCUT2D eigenvalue weighted by molar-refractivity contribution is 5.04. The Kier molecular flexibility index (Phi) is 4.07. The molecule has 0 aliphatic carbocycles. The van der Waals surface area contributed by atoms with Crippen molar-refractivity contribution in [3.8, 4) is 11.8 Å². The SMILES string of the molecule is C=CCC#CC(C)C. The highest BCUT2D eigenvalue weighted by Crippen LogP contribution is 1.86. The van der Waals surface area contributed by atoms with Crippen LogP contribution in [0.3, 0.4) is 0 Å². The van der Waals surface area contributed by atoms with Gasteiger partial charge in [0.2, 0.25) is 0 Å². The van der Waals surface area contributed by atoms with Gasteiger partial charge in [0.05, 0.1) is 0 Å². The van der Waals surface area contributed by atoms with Crippen molar-refractivity contribution < 1.29 is 0 Å². The minimum Gasteiger partial charge on any atom is -0.102 e. The van der Waals surface area contributed by atoms with Gasteiger partial charge in [0.25, 0.3) is 0 Å². The summed E-state index contributed by atoms with van der Waals surface area (Å²) in [7, 11) is 0. The maximum atomic E-state index is 3.56. The molecule has 0 aliphatic rings. The van der Waals surface area contributed by atoms with Crippen molar-refractivity contribution >= 4 is 0 Å². The van der Waals surface area contributed by atoms with E-state index in [9.17, 15) is 0 Å². The van der Waals surface area contributed by atoms with Gasteiger partial charge in [0, 0.05) is 12.3 Å². The van der Waals surface area contributed by atoms with Gasteiger partial charge in [-0.2, -0.15) is 0 Å². The Morgan fingerprint density at radius 1 is 1.62 bits per heavy atom. The highest BCUT2D eigenvalue weighted by atomic mass is 13.8. The van der Waals surface area contributed by atoms with E-state index in [2.05, 4.69) is 32.3 Å². The Hall–Kier alpha value is -0.700. The van der Waals surface area contributed by atoms with Crippen LogP contribution in [0.4, 0.5) is 0 Å². The summed E-state index contributed by atoms with van der Waals surface area (Å²) in [6, 6.07) is 0. The molecule has 0 aromatic heterocycles. The van der Waals surface area contributed by atoms with Crippen LogP contribution in [0.25, 0.3) is 0 Å². The molecule has 0 fully saturated rings. The Morgan fingerprint density at radius 3 is 2.62 bits per heavy atom. The topological polar surface area (TPSA) is 0 Å². The minimum absolute atomic E-state index is 0.495. The van der Waals surface area contributed by atoms with Crippen molar-refractivity contribution in [1.82, 2.24) is 0 Å². The maximum Gasteiger partial charge on any atom is 0.0267 e. The molecule has 0 saturated heterocycles. The van der Waals surface area contributed by atoms with E-state index in [0.717, 1.165) is 6.42 Å². The maximum absolute atomic E-state index is 3.56. The van der Waals surface area contributed by atoms with Crippen LogP contribution >= 0.6 is 0 Å². The molecule has 0 aromatic carbocycles. The standard InChI is InChI=1S/C8H12/c1-4-5-6-7-8(2)3/h4,8H,1,5H2,2-3H3. The molecule has 0 aromatic rings. The second-order valence-corrected chi connectivity index (χ2v) is 1.97. The van der Waals surface area contributed by atoms with E-state index < -0.39 is 0 Å². The summed E-state index contributed by atoms with van der Waals surface area (Å²) in [5.41, 5.74) is 0. The van der Waals surface area contributed by atoms with Crippen molar-refractivity contribution in [2.24, 2.45) is 5.92 Å². The van der Waals surface area contributed by atoms with Crippen molar-refractivity contribution in [2.75, 3.05) is 0 Å². The Labute approximate surface area is 51.6 Å². The van der Waals surface area contributed by atoms with Crippen LogP contribution in [-0.2, 0) is 0 Å². The molecule has 0 unspecified atom stereocenters. The average molecular weight is 108 g/mol. The lowest BCUT2D eigenvalue weighted by Gasteiger charge is -1.84. The largest absolute Gasteiger partial charge is 0.102 e. The Morgan fingerprint density at radius 2 is 2.25 bits per heavy atom. The van der Waals surface area contributed by atoms with Gasteiger partial charge in [-0.05, 0) is 0 Å². The lowest BCUT2D eigenvalue weighted by molar-refractivity contribution is 0.865. The third-order valence-electron chi connectivity index (χ3n) is 0.637. The van der Waals surface area contributed by atoms with E-state index >= 15 is 0 Å². The van der Waals surface area contributed by atoms with Crippen molar-refractivity contribution in [1.29, 1.82) is 0 Å². The second kappa shape index (κ2) is 4.46. The van der Waals surface area contributed by atoms with E-state index in [0.29, 0.717) is 5.92 Å². The van der Waals surface area contributed by atoms with Crippen molar-refractivity contribution in [3.05, 3.63) is 12.7 Å². The van der Waals surface area contributed by atoms with Gasteiger partial charge >= 0.3 is 0 Å². The molecular formula is C8H12. The second-order valence-electron chi connectivity index (χ2n) is 1.97. The smallest absolute Gasteiger partial charge is 0.0267 e. The Bertz CT molecular complexity index is 110. The van der Waals surface area contributed by atoms with Crippen LogP contribution in [0.2, 0.25) is 0 Å². The van der Waals surface area contributed by atoms with Crippen molar-refractivity contribution in [2.45, 2.75) is 20.3 Å². The van der Waals surface area contributed by atoms with Crippen LogP contribution in [0.5, 0.6) is 0 Å². The first-order valence-electron chi connectivity index (χ1n) is 2.86. The summed E-state index contributed by atoms with van der Waals surface area (Å²) in [6.07, 6.45) is 2.63. The van der Waals surface area contributed by atoms with Gasteiger partial charge in [0.1, 0.15) is 0 Å². The molecule has 8 heavy (non-hydrogen) atoms. The number of hydrogen-bond acceptors (Lipinski definition) is 0. The molecule has 0 spiro atoms. The van der Waals surface area contributed by atoms with Gasteiger partial charge in [-0.1, -0.05) is 25.8 Å². The first kappa shape index (κ1) is 7.30. The Balaban J connectivity index is 3.34. The highest BCUT2D eigenvalue weighted by Gasteiger charge is 1.77. The molecule has 0 nitrogen and oxygen atoms in total. The molecule has 44 valence electrons. The van der Waals surface area contributed by atoms with Gasteiger partial charge in [0.15, 0.2) is 0 Å². The van der Waals surface area contributed by atoms with Gasteiger partial charge in [-0.3, -0.25) is 0 Å². The molecule has 0 bridgehead atoms. The first-order chi connectivity index (χ1) is 3.77. The van der Waals surface area contributed by atoms with Crippen LogP contribution in [0, 0.1) is 17.8 Å². The predicted octanol–water partition coefficient (Wildman–Crippen LogP) is 2.22. The summed E-state index contributed by atoms with van der Waals surface area (Å²) in [4.78, 5) is 0. The molecule has 0 atom stereocenters. The van der Waals surface area contributed by atoms with E-state index in [1.807, 2.05) is 6.08 Å². The van der Waals surface area contributed by atoms with Crippen molar-refractivity contribution in [3.63, 3.8) is 0 Å². The normalized spacial score (nSPS) is 7.88. The summed E-state index contributed by atoms with van der Waals surface area (Å²) >= 11 is 0. The molecule has 0 heteroatoms. The fourth-order valence-corrected chi connectivity index (χ4v) is 0.335. The van der Waals surface area contributed by atoms with Crippen LogP contribution in [0.15, 0.2) is 12.7 Å². The van der Waals surface area contributed by atoms with E-state index in [4.69, 9.17) is 0 Å². The number of rotatable bonds is 1. The molecule has 0 radical (unpaired) electrons. The van der Waals surface area contributed by atoms with E-state index in [-0.39, 0.29) is 0 Å². The fraction of sp³-hybridized carbons (Fsp3) is 0.500. The molecule has 0 heterocycles. The van der Waals surface area contributed by atoms with Gasteiger partial charge in [-0.25, -0.2) is 0 Å². The van der Waals surface area contributed by atoms with E-state index in [1.54, 1.807) is 0 Å². The predicted molar refractivity (Wildman–Crippen MR) is 37.4 cm³/mol. The summed E-state index contributed by atoms with van der Waals surface area (Å²) in [5.74, 6) is 6.49. The zero-order valence-electron chi connectivity index (χ0n) is 5.57. The fourth-order valence-electron chi connectivity index (χ4n) is 0.335. The lowest BCUT2D eigenvalue weighted by Crippen LogP contribution is -1.76.